The van der Waals surface area contributed by atoms with E-state index in [2.05, 4.69) is 10.6 Å². The maximum absolute atomic E-state index is 13.4. The number of carbonyl (C=O) groups excluding carboxylic acids is 2. The Morgan fingerprint density at radius 2 is 1.72 bits per heavy atom. The molecule has 0 radical (unpaired) electrons. The lowest BCUT2D eigenvalue weighted by Crippen LogP contribution is -2.24. The first-order valence-electron chi connectivity index (χ1n) is 9.92. The average Bonchev–Trinajstić information content (AvgIpc) is 3.06. The summed E-state index contributed by atoms with van der Waals surface area (Å²) in [5.74, 6) is -1.26. The highest BCUT2D eigenvalue weighted by Gasteiger charge is 2.25. The van der Waals surface area contributed by atoms with Crippen molar-refractivity contribution >= 4 is 34.2 Å². The minimum absolute atomic E-state index is 0.00411. The summed E-state index contributed by atoms with van der Waals surface area (Å²) < 4.78 is 19.2. The average molecular weight is 396 g/mol. The molecule has 0 saturated heterocycles. The predicted molar refractivity (Wildman–Crippen MR) is 113 cm³/mol. The van der Waals surface area contributed by atoms with Gasteiger partial charge in [0.2, 0.25) is 11.7 Å². The molecule has 0 aliphatic carbocycles. The van der Waals surface area contributed by atoms with Crippen LogP contribution in [0, 0.1) is 11.7 Å². The Labute approximate surface area is 169 Å². The Kier molecular flexibility index (Phi) is 6.65. The van der Waals surface area contributed by atoms with E-state index in [0.29, 0.717) is 22.3 Å². The zero-order valence-electron chi connectivity index (χ0n) is 16.6. The Bertz CT molecular complexity index is 1010. The van der Waals surface area contributed by atoms with Gasteiger partial charge in [0.05, 0.1) is 0 Å². The number of fused-ring (bicyclic) bond motifs is 1. The molecule has 0 atom stereocenters. The third-order valence-electron chi connectivity index (χ3n) is 4.78. The number of anilines is 2. The molecule has 6 heteroatoms. The second-order valence-electron chi connectivity index (χ2n) is 7.03. The van der Waals surface area contributed by atoms with E-state index in [9.17, 15) is 14.0 Å². The van der Waals surface area contributed by atoms with Crippen molar-refractivity contribution in [3.8, 4) is 0 Å². The fourth-order valence-corrected chi connectivity index (χ4v) is 3.41. The molecule has 1 aromatic heterocycles. The maximum Gasteiger partial charge on any atom is 0.293 e. The molecule has 3 rings (SSSR count). The number of hydrogen-bond donors (Lipinski definition) is 2. The third-order valence-corrected chi connectivity index (χ3v) is 4.78. The van der Waals surface area contributed by atoms with Gasteiger partial charge < -0.3 is 15.1 Å². The van der Waals surface area contributed by atoms with Crippen molar-refractivity contribution in [1.29, 1.82) is 0 Å². The van der Waals surface area contributed by atoms with Crippen molar-refractivity contribution in [2.45, 2.75) is 39.5 Å². The van der Waals surface area contributed by atoms with E-state index in [1.807, 2.05) is 19.9 Å². The summed E-state index contributed by atoms with van der Waals surface area (Å²) in [4.78, 5) is 25.7. The van der Waals surface area contributed by atoms with Gasteiger partial charge >= 0.3 is 0 Å². The number of para-hydroxylation sites is 1. The fourth-order valence-electron chi connectivity index (χ4n) is 3.41. The zero-order valence-corrected chi connectivity index (χ0v) is 16.6. The van der Waals surface area contributed by atoms with Gasteiger partial charge in [0.15, 0.2) is 0 Å². The van der Waals surface area contributed by atoms with Gasteiger partial charge in [-0.1, -0.05) is 44.9 Å². The van der Waals surface area contributed by atoms with Gasteiger partial charge in [-0.25, -0.2) is 4.39 Å². The van der Waals surface area contributed by atoms with Crippen LogP contribution in [-0.4, -0.2) is 11.8 Å². The summed E-state index contributed by atoms with van der Waals surface area (Å²) in [6.45, 7) is 4.09. The van der Waals surface area contributed by atoms with E-state index in [1.165, 1.54) is 18.2 Å². The first-order valence-corrected chi connectivity index (χ1v) is 9.92. The largest absolute Gasteiger partial charge is 0.449 e. The molecule has 152 valence electrons. The van der Waals surface area contributed by atoms with Gasteiger partial charge in [0.25, 0.3) is 5.91 Å². The van der Waals surface area contributed by atoms with Gasteiger partial charge in [-0.15, -0.1) is 0 Å². The van der Waals surface area contributed by atoms with Crippen molar-refractivity contribution < 1.29 is 18.4 Å². The van der Waals surface area contributed by atoms with Crippen molar-refractivity contribution in [3.63, 3.8) is 0 Å². The third kappa shape index (κ3) is 4.83. The van der Waals surface area contributed by atoms with Gasteiger partial charge in [0, 0.05) is 17.0 Å². The van der Waals surface area contributed by atoms with Crippen LogP contribution in [0.1, 0.15) is 50.1 Å². The lowest BCUT2D eigenvalue weighted by Gasteiger charge is -2.15. The monoisotopic (exact) mass is 396 g/mol. The van der Waals surface area contributed by atoms with Crippen LogP contribution >= 0.6 is 0 Å². The van der Waals surface area contributed by atoms with E-state index in [4.69, 9.17) is 4.42 Å². The van der Waals surface area contributed by atoms with Crippen LogP contribution < -0.4 is 10.6 Å². The number of carbonyl (C=O) groups is 2. The van der Waals surface area contributed by atoms with Crippen molar-refractivity contribution in [2.24, 2.45) is 5.92 Å². The number of nitrogens with one attached hydrogen (secondary N) is 2. The smallest absolute Gasteiger partial charge is 0.293 e. The number of hydrogen-bond acceptors (Lipinski definition) is 3. The molecule has 0 bridgehead atoms. The Hall–Kier alpha value is -3.15. The van der Waals surface area contributed by atoms with Crippen LogP contribution in [0.25, 0.3) is 11.0 Å². The first-order chi connectivity index (χ1) is 14.0. The number of furan rings is 1. The normalized spacial score (nSPS) is 11.0. The topological polar surface area (TPSA) is 71.3 Å². The Morgan fingerprint density at radius 3 is 2.41 bits per heavy atom. The molecule has 0 aliphatic rings. The van der Waals surface area contributed by atoms with E-state index in [1.54, 1.807) is 24.3 Å². The van der Waals surface area contributed by atoms with Crippen LogP contribution in [-0.2, 0) is 4.79 Å². The predicted octanol–water partition coefficient (Wildman–Crippen LogP) is 5.98. The molecule has 2 amide bonds. The van der Waals surface area contributed by atoms with Crippen molar-refractivity contribution in [3.05, 3.63) is 60.1 Å². The molecular formula is C23H25FN2O3. The lowest BCUT2D eigenvalue weighted by molar-refractivity contribution is -0.120. The summed E-state index contributed by atoms with van der Waals surface area (Å²) in [6.07, 6.45) is 3.36. The zero-order chi connectivity index (χ0) is 20.8. The van der Waals surface area contributed by atoms with E-state index >= 15 is 0 Å². The summed E-state index contributed by atoms with van der Waals surface area (Å²) in [5, 5.41) is 6.19. The molecule has 0 aliphatic heterocycles. The molecule has 1 heterocycles. The Balaban J connectivity index is 1.93. The molecular weight excluding hydrogens is 371 g/mol. The SMILES string of the molecule is CCCC(CCC)C(=O)Nc1c(C(=O)Nc2cccc(F)c2)oc2ccccc12. The fraction of sp³-hybridized carbons (Fsp3) is 0.304. The van der Waals surface area contributed by atoms with Crippen LogP contribution in [0.5, 0.6) is 0 Å². The summed E-state index contributed by atoms with van der Waals surface area (Å²) in [5.41, 5.74) is 1.15. The lowest BCUT2D eigenvalue weighted by atomic mass is 9.97. The van der Waals surface area contributed by atoms with Gasteiger partial charge in [-0.3, -0.25) is 9.59 Å². The molecule has 0 saturated carbocycles. The highest BCUT2D eigenvalue weighted by Crippen LogP contribution is 2.32. The summed E-state index contributed by atoms with van der Waals surface area (Å²) >= 11 is 0. The summed E-state index contributed by atoms with van der Waals surface area (Å²) in [7, 11) is 0. The van der Waals surface area contributed by atoms with Gasteiger partial charge in [-0.2, -0.15) is 0 Å². The van der Waals surface area contributed by atoms with Crippen LogP contribution in [0.15, 0.2) is 52.9 Å². The molecule has 0 unspecified atom stereocenters. The molecule has 29 heavy (non-hydrogen) atoms. The molecule has 2 aromatic carbocycles. The van der Waals surface area contributed by atoms with E-state index in [-0.39, 0.29) is 17.6 Å². The number of halogens is 1. The highest BCUT2D eigenvalue weighted by molar-refractivity contribution is 6.14. The second kappa shape index (κ2) is 9.37. The molecule has 3 aromatic rings. The van der Waals surface area contributed by atoms with Crippen molar-refractivity contribution in [2.75, 3.05) is 10.6 Å². The molecule has 0 fully saturated rings. The second-order valence-corrected chi connectivity index (χ2v) is 7.03. The quantitative estimate of drug-likeness (QED) is 0.492. The first kappa shape index (κ1) is 20.6. The standard InChI is InChI=1S/C23H25FN2O3/c1-3-8-15(9-4-2)22(27)26-20-18-12-5-6-13-19(18)29-21(20)23(28)25-17-11-7-10-16(24)14-17/h5-7,10-15H,3-4,8-9H2,1-2H3,(H,25,28)(H,26,27). The summed E-state index contributed by atoms with van der Waals surface area (Å²) in [6, 6.07) is 12.7. The minimum atomic E-state index is -0.551. The Morgan fingerprint density at radius 1 is 1.00 bits per heavy atom. The van der Waals surface area contributed by atoms with Crippen LogP contribution in [0.4, 0.5) is 15.8 Å². The van der Waals surface area contributed by atoms with E-state index in [0.717, 1.165) is 25.7 Å². The number of rotatable bonds is 8. The molecule has 0 spiro atoms. The minimum Gasteiger partial charge on any atom is -0.449 e. The van der Waals surface area contributed by atoms with Crippen LogP contribution in [0.3, 0.4) is 0 Å². The number of amides is 2. The highest BCUT2D eigenvalue weighted by atomic mass is 19.1. The molecule has 2 N–H and O–H groups in total. The maximum atomic E-state index is 13.4. The molecule has 5 nitrogen and oxygen atoms in total. The number of benzene rings is 2. The van der Waals surface area contributed by atoms with Crippen molar-refractivity contribution in [1.82, 2.24) is 0 Å². The van der Waals surface area contributed by atoms with E-state index < -0.39 is 11.7 Å². The van der Waals surface area contributed by atoms with Crippen LogP contribution in [0.2, 0.25) is 0 Å². The van der Waals surface area contributed by atoms with Gasteiger partial charge in [-0.05, 0) is 43.2 Å². The van der Waals surface area contributed by atoms with Gasteiger partial charge in [0.1, 0.15) is 17.1 Å².